The third-order valence-electron chi connectivity index (χ3n) is 4.91. The van der Waals surface area contributed by atoms with Gasteiger partial charge in [0.05, 0.1) is 23.9 Å². The van der Waals surface area contributed by atoms with Crippen LogP contribution in [0.4, 0.5) is 5.82 Å². The second-order valence-corrected chi connectivity index (χ2v) is 6.83. The summed E-state index contributed by atoms with van der Waals surface area (Å²) in [7, 11) is 1.59. The van der Waals surface area contributed by atoms with Gasteiger partial charge >= 0.3 is 0 Å². The number of imide groups is 1. The number of hydrogen-bond acceptors (Lipinski definition) is 5. The molecule has 1 aliphatic heterocycles. The minimum Gasteiger partial charge on any atom is -0.496 e. The van der Waals surface area contributed by atoms with E-state index in [1.54, 1.807) is 37.4 Å². The van der Waals surface area contributed by atoms with E-state index >= 15 is 0 Å². The summed E-state index contributed by atoms with van der Waals surface area (Å²) < 4.78 is 5.34. The number of carbonyl (C=O) groups excluding carboxylic acids is 3. The Kier molecular flexibility index (Phi) is 5.30. The van der Waals surface area contributed by atoms with Crippen LogP contribution in [0.15, 0.2) is 54.6 Å². The highest BCUT2D eigenvalue weighted by Crippen LogP contribution is 2.29. The van der Waals surface area contributed by atoms with Crippen LogP contribution in [0.2, 0.25) is 0 Å². The van der Waals surface area contributed by atoms with Crippen molar-refractivity contribution in [2.75, 3.05) is 19.0 Å². The lowest BCUT2D eigenvalue weighted by atomic mass is 10.1. The molecule has 152 valence electrons. The monoisotopic (exact) mass is 404 g/mol. The molecule has 2 aromatic carbocycles. The van der Waals surface area contributed by atoms with Crippen LogP contribution in [-0.2, 0) is 4.79 Å². The fraction of sp³-hybridized carbons (Fsp3) is 0.182. The van der Waals surface area contributed by atoms with Gasteiger partial charge in [-0.3, -0.25) is 24.4 Å². The summed E-state index contributed by atoms with van der Waals surface area (Å²) in [5.74, 6) is 0.209. The maximum Gasteiger partial charge on any atom is 0.261 e. The number of amides is 3. The standard InChI is InChI=1S/C22H20N4O4/c1-30-18-10-5-4-9-16(18)17-13-19(25-24-17)23-20(27)11-6-12-26-21(28)14-7-2-3-8-15(14)22(26)29/h2-5,7-10,13H,6,11-12H2,1H3,(H2,23,24,25,27). The number of rotatable bonds is 7. The van der Waals surface area contributed by atoms with Gasteiger partial charge in [0.25, 0.3) is 11.8 Å². The van der Waals surface area contributed by atoms with E-state index in [0.29, 0.717) is 34.8 Å². The highest BCUT2D eigenvalue weighted by molar-refractivity contribution is 6.21. The fourth-order valence-corrected chi connectivity index (χ4v) is 3.44. The third kappa shape index (κ3) is 3.67. The van der Waals surface area contributed by atoms with Gasteiger partial charge in [0.15, 0.2) is 5.82 Å². The Morgan fingerprint density at radius 1 is 1.03 bits per heavy atom. The third-order valence-corrected chi connectivity index (χ3v) is 4.91. The van der Waals surface area contributed by atoms with Crippen molar-refractivity contribution in [1.29, 1.82) is 0 Å². The predicted octanol–water partition coefficient (Wildman–Crippen LogP) is 3.10. The Morgan fingerprint density at radius 2 is 1.67 bits per heavy atom. The average molecular weight is 404 g/mol. The maximum atomic E-state index is 12.3. The van der Waals surface area contributed by atoms with Crippen molar-refractivity contribution in [3.63, 3.8) is 0 Å². The molecule has 2 heterocycles. The van der Waals surface area contributed by atoms with Crippen molar-refractivity contribution in [3.8, 4) is 17.0 Å². The summed E-state index contributed by atoms with van der Waals surface area (Å²) in [6.07, 6.45) is 0.519. The Morgan fingerprint density at radius 3 is 2.33 bits per heavy atom. The van der Waals surface area contributed by atoms with Crippen LogP contribution >= 0.6 is 0 Å². The zero-order valence-corrected chi connectivity index (χ0v) is 16.3. The van der Waals surface area contributed by atoms with E-state index in [-0.39, 0.29) is 30.7 Å². The Labute approximate surface area is 172 Å². The summed E-state index contributed by atoms with van der Waals surface area (Å²) in [4.78, 5) is 38.1. The van der Waals surface area contributed by atoms with E-state index in [1.165, 1.54) is 4.90 Å². The summed E-state index contributed by atoms with van der Waals surface area (Å²) in [6, 6.07) is 15.9. The summed E-state index contributed by atoms with van der Waals surface area (Å²) in [6.45, 7) is 0.187. The first kappa shape index (κ1) is 19.4. The molecule has 4 rings (SSSR count). The fourth-order valence-electron chi connectivity index (χ4n) is 3.44. The molecule has 8 heteroatoms. The molecular formula is C22H20N4O4. The van der Waals surface area contributed by atoms with Crippen molar-refractivity contribution in [1.82, 2.24) is 15.1 Å². The van der Waals surface area contributed by atoms with E-state index in [4.69, 9.17) is 4.74 Å². The van der Waals surface area contributed by atoms with E-state index in [9.17, 15) is 14.4 Å². The molecule has 1 aliphatic rings. The number of para-hydroxylation sites is 1. The first-order chi connectivity index (χ1) is 14.6. The number of carbonyl (C=O) groups is 3. The van der Waals surface area contributed by atoms with Gasteiger partial charge in [0.2, 0.25) is 5.91 Å². The molecule has 0 aliphatic carbocycles. The SMILES string of the molecule is COc1ccccc1-c1cc(NC(=O)CCCN2C(=O)c3ccccc3C2=O)n[nH]1. The van der Waals surface area contributed by atoms with Gasteiger partial charge in [-0.15, -0.1) is 0 Å². The van der Waals surface area contributed by atoms with Gasteiger partial charge < -0.3 is 10.1 Å². The van der Waals surface area contributed by atoms with Crippen LogP contribution in [0, 0.1) is 0 Å². The van der Waals surface area contributed by atoms with E-state index < -0.39 is 0 Å². The minimum absolute atomic E-state index is 0.157. The van der Waals surface area contributed by atoms with Crippen LogP contribution < -0.4 is 10.1 Å². The number of ether oxygens (including phenoxy) is 1. The number of anilines is 1. The quantitative estimate of drug-likeness (QED) is 0.589. The Balaban J connectivity index is 1.32. The van der Waals surface area contributed by atoms with Crippen LogP contribution in [0.3, 0.4) is 0 Å². The minimum atomic E-state index is -0.315. The molecule has 0 spiro atoms. The average Bonchev–Trinajstić information content (AvgIpc) is 3.32. The smallest absolute Gasteiger partial charge is 0.261 e. The first-order valence-electron chi connectivity index (χ1n) is 9.52. The highest BCUT2D eigenvalue weighted by Gasteiger charge is 2.34. The lowest BCUT2D eigenvalue weighted by Crippen LogP contribution is -2.31. The molecule has 3 amide bonds. The highest BCUT2D eigenvalue weighted by atomic mass is 16.5. The molecule has 2 N–H and O–H groups in total. The predicted molar refractivity (Wildman–Crippen MR) is 110 cm³/mol. The second kappa shape index (κ2) is 8.20. The van der Waals surface area contributed by atoms with Gasteiger partial charge in [-0.1, -0.05) is 24.3 Å². The van der Waals surface area contributed by atoms with Crippen LogP contribution in [-0.4, -0.2) is 46.5 Å². The normalized spacial score (nSPS) is 12.8. The topological polar surface area (TPSA) is 104 Å². The Bertz CT molecular complexity index is 1090. The largest absolute Gasteiger partial charge is 0.496 e. The number of H-pyrrole nitrogens is 1. The van der Waals surface area contributed by atoms with Crippen molar-refractivity contribution in [2.45, 2.75) is 12.8 Å². The zero-order valence-electron chi connectivity index (χ0n) is 16.3. The molecule has 0 bridgehead atoms. The number of fused-ring (bicyclic) bond motifs is 1. The molecule has 0 atom stereocenters. The molecule has 0 saturated heterocycles. The van der Waals surface area contributed by atoms with Gasteiger partial charge in [0.1, 0.15) is 5.75 Å². The summed E-state index contributed by atoms with van der Waals surface area (Å²) >= 11 is 0. The second-order valence-electron chi connectivity index (χ2n) is 6.83. The lowest BCUT2D eigenvalue weighted by molar-refractivity contribution is -0.116. The van der Waals surface area contributed by atoms with Crippen molar-refractivity contribution in [3.05, 3.63) is 65.7 Å². The molecule has 1 aromatic heterocycles. The van der Waals surface area contributed by atoms with Gasteiger partial charge in [-0.05, 0) is 30.7 Å². The van der Waals surface area contributed by atoms with E-state index in [0.717, 1.165) is 5.56 Å². The van der Waals surface area contributed by atoms with E-state index in [2.05, 4.69) is 15.5 Å². The number of hydrogen-bond donors (Lipinski definition) is 2. The number of methoxy groups -OCH3 is 1. The number of nitrogens with zero attached hydrogens (tertiary/aromatic N) is 2. The molecule has 0 saturated carbocycles. The molecule has 8 nitrogen and oxygen atoms in total. The van der Waals surface area contributed by atoms with Crippen LogP contribution in [0.1, 0.15) is 33.6 Å². The maximum absolute atomic E-state index is 12.3. The van der Waals surface area contributed by atoms with Crippen molar-refractivity contribution < 1.29 is 19.1 Å². The summed E-state index contributed by atoms with van der Waals surface area (Å²) in [5, 5.41) is 9.72. The van der Waals surface area contributed by atoms with Gasteiger partial charge in [0, 0.05) is 24.6 Å². The Hall–Kier alpha value is -3.94. The van der Waals surface area contributed by atoms with Gasteiger partial charge in [-0.2, -0.15) is 5.10 Å². The number of nitrogens with one attached hydrogen (secondary N) is 2. The molecule has 0 radical (unpaired) electrons. The molecule has 3 aromatic rings. The molecular weight excluding hydrogens is 384 g/mol. The van der Waals surface area contributed by atoms with Crippen LogP contribution in [0.5, 0.6) is 5.75 Å². The molecule has 0 unspecified atom stereocenters. The molecule has 30 heavy (non-hydrogen) atoms. The van der Waals surface area contributed by atoms with Crippen molar-refractivity contribution >= 4 is 23.5 Å². The van der Waals surface area contributed by atoms with E-state index in [1.807, 2.05) is 24.3 Å². The number of aromatic nitrogens is 2. The number of benzene rings is 2. The van der Waals surface area contributed by atoms with Gasteiger partial charge in [-0.25, -0.2) is 0 Å². The summed E-state index contributed by atoms with van der Waals surface area (Å²) in [5.41, 5.74) is 2.37. The molecule has 0 fully saturated rings. The lowest BCUT2D eigenvalue weighted by Gasteiger charge is -2.13. The van der Waals surface area contributed by atoms with Crippen molar-refractivity contribution in [2.24, 2.45) is 0 Å². The first-order valence-corrected chi connectivity index (χ1v) is 9.52. The zero-order chi connectivity index (χ0) is 21.1. The number of aromatic amines is 1. The van der Waals surface area contributed by atoms with Crippen LogP contribution in [0.25, 0.3) is 11.3 Å².